The van der Waals surface area contributed by atoms with E-state index in [9.17, 15) is 9.59 Å². The van der Waals surface area contributed by atoms with Gasteiger partial charge in [-0.25, -0.2) is 0 Å². The maximum atomic E-state index is 11.5. The molecule has 4 nitrogen and oxygen atoms in total. The van der Waals surface area contributed by atoms with Crippen LogP contribution in [0.3, 0.4) is 0 Å². The number of esters is 2. The van der Waals surface area contributed by atoms with E-state index >= 15 is 0 Å². The Morgan fingerprint density at radius 3 is 2.00 bits per heavy atom. The smallest absolute Gasteiger partial charge is 0.309 e. The Hall–Kier alpha value is -1.06. The van der Waals surface area contributed by atoms with Crippen molar-refractivity contribution in [1.29, 1.82) is 0 Å². The second-order valence-electron chi connectivity index (χ2n) is 4.91. The zero-order valence-electron chi connectivity index (χ0n) is 12.6. The summed E-state index contributed by atoms with van der Waals surface area (Å²) < 4.78 is 9.32. The van der Waals surface area contributed by atoms with Crippen molar-refractivity contribution in [3.05, 3.63) is 0 Å². The average Bonchev–Trinajstić information content (AvgIpc) is 2.43. The van der Waals surface area contributed by atoms with Gasteiger partial charge in [-0.3, -0.25) is 9.59 Å². The van der Waals surface area contributed by atoms with Crippen molar-refractivity contribution in [2.75, 3.05) is 14.2 Å². The van der Waals surface area contributed by atoms with Gasteiger partial charge in [0, 0.05) is 0 Å². The summed E-state index contributed by atoms with van der Waals surface area (Å²) in [4.78, 5) is 22.8. The molecule has 1 atom stereocenters. The Balaban J connectivity index is 3.80. The molecule has 112 valence electrons. The van der Waals surface area contributed by atoms with Crippen molar-refractivity contribution in [2.45, 2.75) is 64.7 Å². The molecule has 0 aromatic rings. The number of rotatable bonds is 11. The molecule has 0 aliphatic carbocycles. The van der Waals surface area contributed by atoms with E-state index in [1.54, 1.807) is 0 Å². The Morgan fingerprint density at radius 1 is 0.895 bits per heavy atom. The van der Waals surface area contributed by atoms with Gasteiger partial charge in [-0.15, -0.1) is 0 Å². The van der Waals surface area contributed by atoms with Gasteiger partial charge in [0.05, 0.1) is 26.6 Å². The summed E-state index contributed by atoms with van der Waals surface area (Å²) in [6.45, 7) is 2.20. The molecule has 0 spiro atoms. The molecule has 0 fully saturated rings. The summed E-state index contributed by atoms with van der Waals surface area (Å²) >= 11 is 0. The summed E-state index contributed by atoms with van der Waals surface area (Å²) in [6.07, 6.45) is 9.20. The molecule has 0 aliphatic rings. The van der Waals surface area contributed by atoms with E-state index in [0.29, 0.717) is 6.42 Å². The van der Waals surface area contributed by atoms with Gasteiger partial charge in [0.25, 0.3) is 0 Å². The zero-order valence-corrected chi connectivity index (χ0v) is 12.6. The second kappa shape index (κ2) is 12.0. The number of unbranched alkanes of at least 4 members (excludes halogenated alkanes) is 6. The molecule has 0 aromatic carbocycles. The summed E-state index contributed by atoms with van der Waals surface area (Å²) in [5.74, 6) is -1.01. The minimum absolute atomic E-state index is 0.124. The highest BCUT2D eigenvalue weighted by Gasteiger charge is 2.22. The molecule has 0 radical (unpaired) electrons. The summed E-state index contributed by atoms with van der Waals surface area (Å²) in [7, 11) is 2.70. The first-order chi connectivity index (χ1) is 9.15. The second-order valence-corrected chi connectivity index (χ2v) is 4.91. The fourth-order valence-electron chi connectivity index (χ4n) is 2.10. The number of hydrogen-bond acceptors (Lipinski definition) is 4. The van der Waals surface area contributed by atoms with Crippen molar-refractivity contribution in [1.82, 2.24) is 0 Å². The molecule has 19 heavy (non-hydrogen) atoms. The van der Waals surface area contributed by atoms with Gasteiger partial charge in [-0.1, -0.05) is 51.9 Å². The molecule has 0 N–H and O–H groups in total. The molecule has 4 heteroatoms. The highest BCUT2D eigenvalue weighted by Crippen LogP contribution is 2.17. The lowest BCUT2D eigenvalue weighted by Gasteiger charge is -2.13. The van der Waals surface area contributed by atoms with Crippen molar-refractivity contribution in [2.24, 2.45) is 5.92 Å². The molecule has 0 rings (SSSR count). The van der Waals surface area contributed by atoms with Crippen molar-refractivity contribution < 1.29 is 19.1 Å². The zero-order chi connectivity index (χ0) is 14.5. The van der Waals surface area contributed by atoms with Crippen LogP contribution in [0.25, 0.3) is 0 Å². The van der Waals surface area contributed by atoms with Crippen LogP contribution >= 0.6 is 0 Å². The Kier molecular flexibility index (Phi) is 11.3. The van der Waals surface area contributed by atoms with Crippen LogP contribution in [-0.4, -0.2) is 26.2 Å². The monoisotopic (exact) mass is 272 g/mol. The normalized spacial score (nSPS) is 11.9. The SMILES string of the molecule is CCCCCCCCCC(CC(=O)OC)C(=O)OC. The van der Waals surface area contributed by atoms with E-state index in [1.165, 1.54) is 46.3 Å². The van der Waals surface area contributed by atoms with Crippen LogP contribution in [0.2, 0.25) is 0 Å². The minimum atomic E-state index is -0.354. The van der Waals surface area contributed by atoms with Gasteiger partial charge in [0.1, 0.15) is 0 Å². The number of methoxy groups -OCH3 is 2. The molecule has 0 heterocycles. The van der Waals surface area contributed by atoms with Gasteiger partial charge in [0.15, 0.2) is 0 Å². The van der Waals surface area contributed by atoms with E-state index in [4.69, 9.17) is 4.74 Å². The lowest BCUT2D eigenvalue weighted by Crippen LogP contribution is -2.20. The van der Waals surface area contributed by atoms with Gasteiger partial charge in [0.2, 0.25) is 0 Å². The number of ether oxygens (including phenoxy) is 2. The van der Waals surface area contributed by atoms with E-state index in [0.717, 1.165) is 12.8 Å². The Labute approximate surface area is 116 Å². The molecule has 0 aromatic heterocycles. The van der Waals surface area contributed by atoms with Crippen molar-refractivity contribution in [3.8, 4) is 0 Å². The van der Waals surface area contributed by atoms with Crippen LogP contribution in [-0.2, 0) is 19.1 Å². The fraction of sp³-hybridized carbons (Fsp3) is 0.867. The third-order valence-electron chi connectivity index (χ3n) is 3.33. The highest BCUT2D eigenvalue weighted by atomic mass is 16.5. The maximum Gasteiger partial charge on any atom is 0.309 e. The molecule has 0 amide bonds. The van der Waals surface area contributed by atoms with E-state index in [1.807, 2.05) is 0 Å². The van der Waals surface area contributed by atoms with Crippen LogP contribution in [0.4, 0.5) is 0 Å². The molecular formula is C15H28O4. The van der Waals surface area contributed by atoms with Crippen LogP contribution in [0.5, 0.6) is 0 Å². The first-order valence-electron chi connectivity index (χ1n) is 7.30. The lowest BCUT2D eigenvalue weighted by atomic mass is 9.97. The van der Waals surface area contributed by atoms with Crippen molar-refractivity contribution >= 4 is 11.9 Å². The van der Waals surface area contributed by atoms with Crippen LogP contribution < -0.4 is 0 Å². The topological polar surface area (TPSA) is 52.6 Å². The van der Waals surface area contributed by atoms with Gasteiger partial charge in [-0.05, 0) is 6.42 Å². The van der Waals surface area contributed by atoms with E-state index in [-0.39, 0.29) is 24.3 Å². The maximum absolute atomic E-state index is 11.5. The van der Waals surface area contributed by atoms with Crippen LogP contribution in [0.15, 0.2) is 0 Å². The van der Waals surface area contributed by atoms with Crippen LogP contribution in [0.1, 0.15) is 64.7 Å². The predicted octanol–water partition coefficient (Wildman–Crippen LogP) is 3.48. The number of carbonyl (C=O) groups excluding carboxylic acids is 2. The van der Waals surface area contributed by atoms with Gasteiger partial charge in [-0.2, -0.15) is 0 Å². The van der Waals surface area contributed by atoms with Gasteiger partial charge >= 0.3 is 11.9 Å². The lowest BCUT2D eigenvalue weighted by molar-refractivity contribution is -0.152. The average molecular weight is 272 g/mol. The number of hydrogen-bond donors (Lipinski definition) is 0. The van der Waals surface area contributed by atoms with Gasteiger partial charge < -0.3 is 9.47 Å². The number of carbonyl (C=O) groups is 2. The standard InChI is InChI=1S/C15H28O4/c1-4-5-6-7-8-9-10-11-13(15(17)19-3)12-14(16)18-2/h13H,4-12H2,1-3H3. The predicted molar refractivity (Wildman–Crippen MR) is 74.7 cm³/mol. The van der Waals surface area contributed by atoms with E-state index in [2.05, 4.69) is 11.7 Å². The van der Waals surface area contributed by atoms with E-state index < -0.39 is 0 Å². The summed E-state index contributed by atoms with van der Waals surface area (Å²) in [6, 6.07) is 0. The third kappa shape index (κ3) is 9.51. The van der Waals surface area contributed by atoms with Crippen molar-refractivity contribution in [3.63, 3.8) is 0 Å². The Bertz CT molecular complexity index is 251. The molecule has 1 unspecified atom stereocenters. The summed E-state index contributed by atoms with van der Waals surface area (Å²) in [5.41, 5.74) is 0. The molecular weight excluding hydrogens is 244 g/mol. The summed E-state index contributed by atoms with van der Waals surface area (Å²) in [5, 5.41) is 0. The Morgan fingerprint density at radius 2 is 1.47 bits per heavy atom. The minimum Gasteiger partial charge on any atom is -0.469 e. The quantitative estimate of drug-likeness (QED) is 0.427. The molecule has 0 bridgehead atoms. The molecule has 0 saturated carbocycles. The highest BCUT2D eigenvalue weighted by molar-refractivity contribution is 5.79. The largest absolute Gasteiger partial charge is 0.469 e. The molecule has 0 aliphatic heterocycles. The first-order valence-corrected chi connectivity index (χ1v) is 7.30. The molecule has 0 saturated heterocycles. The first kappa shape index (κ1) is 17.9. The fourth-order valence-corrected chi connectivity index (χ4v) is 2.10. The van der Waals surface area contributed by atoms with Crippen LogP contribution in [0, 0.1) is 5.92 Å². The third-order valence-corrected chi connectivity index (χ3v) is 3.33.